The molecule has 0 atom stereocenters. The first-order chi connectivity index (χ1) is 9.43. The summed E-state index contributed by atoms with van der Waals surface area (Å²) in [5, 5.41) is 0. The molecule has 20 heavy (non-hydrogen) atoms. The van der Waals surface area contributed by atoms with Crippen molar-refractivity contribution in [1.29, 1.82) is 0 Å². The second kappa shape index (κ2) is 4.76. The summed E-state index contributed by atoms with van der Waals surface area (Å²) in [6.45, 7) is 3.06. The summed E-state index contributed by atoms with van der Waals surface area (Å²) in [5.74, 6) is -0.0697. The average Bonchev–Trinajstić information content (AvgIpc) is 3.21. The minimum atomic E-state index is -4.50. The van der Waals surface area contributed by atoms with Gasteiger partial charge in [-0.25, -0.2) is 4.98 Å². The first kappa shape index (κ1) is 13.4. The Bertz CT molecular complexity index is 492. The van der Waals surface area contributed by atoms with E-state index in [1.54, 1.807) is 0 Å². The van der Waals surface area contributed by atoms with Crippen molar-refractivity contribution in [3.63, 3.8) is 0 Å². The van der Waals surface area contributed by atoms with Crippen LogP contribution in [0.1, 0.15) is 18.5 Å². The maximum Gasteiger partial charge on any atom is 0.433 e. The van der Waals surface area contributed by atoms with Gasteiger partial charge in [0.2, 0.25) is 5.95 Å². The molecule has 0 aromatic carbocycles. The van der Waals surface area contributed by atoms with E-state index >= 15 is 0 Å². The highest BCUT2D eigenvalue weighted by Gasteiger charge is 2.35. The number of nitrogens with zero attached hydrogens (tertiary/aromatic N) is 4. The molecule has 110 valence electrons. The van der Waals surface area contributed by atoms with Gasteiger partial charge < -0.3 is 10.6 Å². The fourth-order valence-corrected chi connectivity index (χ4v) is 2.52. The number of aromatic nitrogens is 2. The predicted molar refractivity (Wildman–Crippen MR) is 68.3 cm³/mol. The lowest BCUT2D eigenvalue weighted by atomic mass is 10.3. The molecule has 2 aliphatic rings. The smallest absolute Gasteiger partial charge is 0.368 e. The van der Waals surface area contributed by atoms with Gasteiger partial charge in [-0.15, -0.1) is 0 Å². The van der Waals surface area contributed by atoms with Crippen molar-refractivity contribution in [2.75, 3.05) is 36.8 Å². The van der Waals surface area contributed by atoms with Crippen molar-refractivity contribution in [2.24, 2.45) is 0 Å². The highest BCUT2D eigenvalue weighted by atomic mass is 19.4. The van der Waals surface area contributed by atoms with Crippen LogP contribution in [0, 0.1) is 0 Å². The molecule has 1 aliphatic heterocycles. The molecule has 2 fully saturated rings. The van der Waals surface area contributed by atoms with E-state index in [2.05, 4.69) is 14.9 Å². The van der Waals surface area contributed by atoms with E-state index < -0.39 is 11.9 Å². The van der Waals surface area contributed by atoms with Gasteiger partial charge in [0.15, 0.2) is 5.69 Å². The standard InChI is InChI=1S/C12H16F3N5/c13-12(14,15)9-7-10(18-11(16)17-9)20-5-3-19(4-6-20)8-1-2-8/h7-8H,1-6H2,(H2,16,17,18). The fraction of sp³-hybridized carbons (Fsp3) is 0.667. The molecular weight excluding hydrogens is 271 g/mol. The second-order valence-electron chi connectivity index (χ2n) is 5.22. The van der Waals surface area contributed by atoms with E-state index in [-0.39, 0.29) is 11.8 Å². The molecule has 1 aromatic heterocycles. The van der Waals surface area contributed by atoms with Crippen LogP contribution in [0.3, 0.4) is 0 Å². The molecule has 2 heterocycles. The molecule has 0 unspecified atom stereocenters. The third kappa shape index (κ3) is 2.79. The van der Waals surface area contributed by atoms with E-state index in [0.29, 0.717) is 19.1 Å². The van der Waals surface area contributed by atoms with Gasteiger partial charge in [0.05, 0.1) is 0 Å². The summed E-state index contributed by atoms with van der Waals surface area (Å²) in [6, 6.07) is 1.65. The first-order valence-corrected chi connectivity index (χ1v) is 6.64. The maximum absolute atomic E-state index is 12.7. The van der Waals surface area contributed by atoms with E-state index in [0.717, 1.165) is 19.2 Å². The van der Waals surface area contributed by atoms with Crippen LogP contribution in [0.25, 0.3) is 0 Å². The van der Waals surface area contributed by atoms with E-state index in [1.165, 1.54) is 12.8 Å². The Hall–Kier alpha value is -1.57. The molecule has 1 aliphatic carbocycles. The molecule has 0 spiro atoms. The van der Waals surface area contributed by atoms with Gasteiger partial charge in [-0.2, -0.15) is 18.2 Å². The van der Waals surface area contributed by atoms with Gasteiger partial charge >= 0.3 is 6.18 Å². The number of alkyl halides is 3. The van der Waals surface area contributed by atoms with Crippen molar-refractivity contribution in [3.8, 4) is 0 Å². The molecular formula is C12H16F3N5. The number of hydrogen-bond donors (Lipinski definition) is 1. The lowest BCUT2D eigenvalue weighted by molar-refractivity contribution is -0.141. The summed E-state index contributed by atoms with van der Waals surface area (Å²) in [5.41, 5.74) is 4.41. The normalized spacial score (nSPS) is 21.2. The zero-order valence-electron chi connectivity index (χ0n) is 10.9. The number of anilines is 2. The average molecular weight is 287 g/mol. The summed E-state index contributed by atoms with van der Waals surface area (Å²) in [6.07, 6.45) is -2.03. The zero-order valence-corrected chi connectivity index (χ0v) is 10.9. The highest BCUT2D eigenvalue weighted by Crippen LogP contribution is 2.31. The minimum absolute atomic E-state index is 0.264. The molecule has 1 aromatic rings. The molecule has 0 bridgehead atoms. The van der Waals surface area contributed by atoms with Gasteiger partial charge in [0, 0.05) is 38.3 Å². The summed E-state index contributed by atoms with van der Waals surface area (Å²) >= 11 is 0. The molecule has 1 saturated heterocycles. The molecule has 1 saturated carbocycles. The van der Waals surface area contributed by atoms with Crippen LogP contribution in [0.5, 0.6) is 0 Å². The van der Waals surface area contributed by atoms with Crippen molar-refractivity contribution in [2.45, 2.75) is 25.1 Å². The van der Waals surface area contributed by atoms with Crippen molar-refractivity contribution < 1.29 is 13.2 Å². The third-order valence-electron chi connectivity index (χ3n) is 3.72. The number of nitrogen functional groups attached to an aromatic ring is 1. The molecule has 8 heteroatoms. The van der Waals surface area contributed by atoms with Crippen LogP contribution in [0.4, 0.5) is 24.9 Å². The molecule has 2 N–H and O–H groups in total. The Labute approximate surface area is 114 Å². The summed E-state index contributed by atoms with van der Waals surface area (Å²) in [7, 11) is 0. The van der Waals surface area contributed by atoms with Gasteiger partial charge in [-0.1, -0.05) is 0 Å². The van der Waals surface area contributed by atoms with Crippen LogP contribution < -0.4 is 10.6 Å². The largest absolute Gasteiger partial charge is 0.433 e. The fourth-order valence-electron chi connectivity index (χ4n) is 2.52. The summed E-state index contributed by atoms with van der Waals surface area (Å²) in [4.78, 5) is 11.4. The van der Waals surface area contributed by atoms with E-state index in [1.807, 2.05) is 4.90 Å². The van der Waals surface area contributed by atoms with Gasteiger partial charge in [-0.3, -0.25) is 4.90 Å². The number of hydrogen-bond acceptors (Lipinski definition) is 5. The SMILES string of the molecule is Nc1nc(N2CCN(C3CC3)CC2)cc(C(F)(F)F)n1. The van der Waals surface area contributed by atoms with Crippen molar-refractivity contribution >= 4 is 11.8 Å². The Balaban J connectivity index is 1.75. The van der Waals surface area contributed by atoms with Crippen LogP contribution in [0.15, 0.2) is 6.07 Å². The lowest BCUT2D eigenvalue weighted by Gasteiger charge is -2.35. The predicted octanol–water partition coefficient (Wildman–Crippen LogP) is 1.36. The Morgan fingerprint density at radius 3 is 2.30 bits per heavy atom. The number of nitrogens with two attached hydrogens (primary N) is 1. The number of halogens is 3. The summed E-state index contributed by atoms with van der Waals surface area (Å²) < 4.78 is 38.2. The maximum atomic E-state index is 12.7. The number of rotatable bonds is 2. The quantitative estimate of drug-likeness (QED) is 0.890. The van der Waals surface area contributed by atoms with Crippen LogP contribution in [-0.2, 0) is 6.18 Å². The Kier molecular flexibility index (Phi) is 3.19. The van der Waals surface area contributed by atoms with Crippen molar-refractivity contribution in [1.82, 2.24) is 14.9 Å². The van der Waals surface area contributed by atoms with Gasteiger partial charge in [0.1, 0.15) is 5.82 Å². The van der Waals surface area contributed by atoms with E-state index in [4.69, 9.17) is 5.73 Å². The topological polar surface area (TPSA) is 58.3 Å². The van der Waals surface area contributed by atoms with Crippen molar-refractivity contribution in [3.05, 3.63) is 11.8 Å². The Morgan fingerprint density at radius 2 is 1.75 bits per heavy atom. The Morgan fingerprint density at radius 1 is 1.10 bits per heavy atom. The van der Waals surface area contributed by atoms with Crippen LogP contribution in [0.2, 0.25) is 0 Å². The molecule has 0 radical (unpaired) electrons. The number of piperazine rings is 1. The van der Waals surface area contributed by atoms with Gasteiger partial charge in [0.25, 0.3) is 0 Å². The monoisotopic (exact) mass is 287 g/mol. The highest BCUT2D eigenvalue weighted by molar-refractivity contribution is 5.44. The molecule has 5 nitrogen and oxygen atoms in total. The minimum Gasteiger partial charge on any atom is -0.368 e. The van der Waals surface area contributed by atoms with Crippen LogP contribution in [-0.4, -0.2) is 47.1 Å². The van der Waals surface area contributed by atoms with Crippen LogP contribution >= 0.6 is 0 Å². The van der Waals surface area contributed by atoms with Gasteiger partial charge in [-0.05, 0) is 12.8 Å². The zero-order chi connectivity index (χ0) is 14.3. The third-order valence-corrected chi connectivity index (χ3v) is 3.72. The van der Waals surface area contributed by atoms with E-state index in [9.17, 15) is 13.2 Å². The lowest BCUT2D eigenvalue weighted by Crippen LogP contribution is -2.47. The molecule has 0 amide bonds. The second-order valence-corrected chi connectivity index (χ2v) is 5.22. The molecule has 3 rings (SSSR count). The first-order valence-electron chi connectivity index (χ1n) is 6.64.